The number of carboxylic acid groups (broad SMARTS) is 1. The summed E-state index contributed by atoms with van der Waals surface area (Å²) in [4.78, 5) is 22.7. The Morgan fingerprint density at radius 1 is 1.45 bits per heavy atom. The number of carboxylic acids is 1. The van der Waals surface area contributed by atoms with Crippen LogP contribution in [-0.4, -0.2) is 30.1 Å². The van der Waals surface area contributed by atoms with E-state index in [0.717, 1.165) is 0 Å². The van der Waals surface area contributed by atoms with Gasteiger partial charge in [0, 0.05) is 6.54 Å². The molecule has 0 bridgehead atoms. The topological polar surface area (TPSA) is 75.6 Å². The summed E-state index contributed by atoms with van der Waals surface area (Å²) < 4.78 is 5.40. The van der Waals surface area contributed by atoms with Crippen LogP contribution in [0.4, 0.5) is 0 Å². The van der Waals surface area contributed by atoms with Crippen molar-refractivity contribution in [3.8, 4) is 5.75 Å². The van der Waals surface area contributed by atoms with Gasteiger partial charge in [-0.2, -0.15) is 0 Å². The number of amides is 1. The van der Waals surface area contributed by atoms with E-state index in [1.54, 1.807) is 37.3 Å². The van der Waals surface area contributed by atoms with E-state index in [2.05, 4.69) is 11.9 Å². The maximum atomic E-state index is 12.0. The number of carbonyl (C=O) groups is 2. The van der Waals surface area contributed by atoms with Crippen LogP contribution >= 0.6 is 0 Å². The molecule has 0 fully saturated rings. The van der Waals surface area contributed by atoms with Crippen LogP contribution in [0.2, 0.25) is 0 Å². The Kier molecular flexibility index (Phi) is 6.29. The summed E-state index contributed by atoms with van der Waals surface area (Å²) >= 11 is 0. The van der Waals surface area contributed by atoms with E-state index in [1.807, 2.05) is 0 Å². The van der Waals surface area contributed by atoms with E-state index < -0.39 is 11.9 Å². The zero-order chi connectivity index (χ0) is 15.0. The summed E-state index contributed by atoms with van der Waals surface area (Å²) in [7, 11) is 0. The van der Waals surface area contributed by atoms with Crippen LogP contribution in [0.5, 0.6) is 5.75 Å². The second-order valence-electron chi connectivity index (χ2n) is 4.38. The Labute approximate surface area is 118 Å². The Balaban J connectivity index is 2.58. The molecule has 0 aliphatic carbocycles. The molecule has 108 valence electrons. The van der Waals surface area contributed by atoms with E-state index >= 15 is 0 Å². The van der Waals surface area contributed by atoms with Crippen LogP contribution in [0.1, 0.15) is 23.7 Å². The molecule has 0 radical (unpaired) electrons. The van der Waals surface area contributed by atoms with Gasteiger partial charge in [-0.25, -0.2) is 0 Å². The fraction of sp³-hybridized carbons (Fsp3) is 0.333. The van der Waals surface area contributed by atoms with Gasteiger partial charge in [0.1, 0.15) is 12.4 Å². The zero-order valence-corrected chi connectivity index (χ0v) is 11.5. The molecule has 0 aliphatic heterocycles. The molecular formula is C15H19NO4. The highest BCUT2D eigenvalue weighted by molar-refractivity contribution is 5.96. The van der Waals surface area contributed by atoms with Crippen molar-refractivity contribution in [2.75, 3.05) is 13.2 Å². The monoisotopic (exact) mass is 277 g/mol. The standard InChI is InChI=1S/C15H19NO4/c1-3-10-20-13-7-5-4-6-12(13)14(17)16-9-8-11(2)15(18)19/h3-7,11H,1,8-10H2,2H3,(H,16,17)(H,18,19). The third-order valence-electron chi connectivity index (χ3n) is 2.77. The van der Waals surface area contributed by atoms with E-state index in [0.29, 0.717) is 30.9 Å². The van der Waals surface area contributed by atoms with Crippen molar-refractivity contribution in [2.24, 2.45) is 5.92 Å². The molecule has 1 atom stereocenters. The third kappa shape index (κ3) is 4.76. The van der Waals surface area contributed by atoms with Gasteiger partial charge in [-0.1, -0.05) is 31.7 Å². The fourth-order valence-electron chi connectivity index (χ4n) is 1.55. The number of ether oxygens (including phenoxy) is 1. The molecule has 2 N–H and O–H groups in total. The largest absolute Gasteiger partial charge is 0.489 e. The fourth-order valence-corrected chi connectivity index (χ4v) is 1.55. The molecule has 20 heavy (non-hydrogen) atoms. The Morgan fingerprint density at radius 3 is 2.80 bits per heavy atom. The van der Waals surface area contributed by atoms with Gasteiger partial charge in [0.15, 0.2) is 0 Å². The van der Waals surface area contributed by atoms with E-state index in [9.17, 15) is 9.59 Å². The van der Waals surface area contributed by atoms with Crippen LogP contribution in [0.3, 0.4) is 0 Å². The van der Waals surface area contributed by atoms with E-state index in [-0.39, 0.29) is 5.91 Å². The Morgan fingerprint density at radius 2 is 2.15 bits per heavy atom. The molecule has 5 nitrogen and oxygen atoms in total. The zero-order valence-electron chi connectivity index (χ0n) is 11.5. The highest BCUT2D eigenvalue weighted by Crippen LogP contribution is 2.17. The smallest absolute Gasteiger partial charge is 0.306 e. The molecule has 1 amide bonds. The summed E-state index contributed by atoms with van der Waals surface area (Å²) in [6.07, 6.45) is 1.99. The van der Waals surface area contributed by atoms with Gasteiger partial charge in [0.2, 0.25) is 0 Å². The van der Waals surface area contributed by atoms with Gasteiger partial charge >= 0.3 is 5.97 Å². The molecule has 5 heteroatoms. The molecule has 0 spiro atoms. The lowest BCUT2D eigenvalue weighted by Crippen LogP contribution is -2.27. The van der Waals surface area contributed by atoms with Crippen molar-refractivity contribution in [1.82, 2.24) is 5.32 Å². The van der Waals surface area contributed by atoms with Gasteiger partial charge in [-0.05, 0) is 18.6 Å². The van der Waals surface area contributed by atoms with Gasteiger partial charge in [0.05, 0.1) is 11.5 Å². The maximum Gasteiger partial charge on any atom is 0.306 e. The second kappa shape index (κ2) is 7.99. The average molecular weight is 277 g/mol. The summed E-state index contributed by atoms with van der Waals surface area (Å²) in [5, 5.41) is 11.5. The molecule has 1 aromatic carbocycles. The van der Waals surface area contributed by atoms with Crippen LogP contribution in [0, 0.1) is 5.92 Å². The quantitative estimate of drug-likeness (QED) is 0.713. The number of carbonyl (C=O) groups excluding carboxylic acids is 1. The van der Waals surface area contributed by atoms with Gasteiger partial charge in [-0.15, -0.1) is 0 Å². The first kappa shape index (κ1) is 15.8. The summed E-state index contributed by atoms with van der Waals surface area (Å²) in [6, 6.07) is 6.89. The summed E-state index contributed by atoms with van der Waals surface area (Å²) in [5.41, 5.74) is 0.428. The minimum absolute atomic E-state index is 0.276. The molecule has 0 aliphatic rings. The van der Waals surface area contributed by atoms with Crippen molar-refractivity contribution >= 4 is 11.9 Å². The maximum absolute atomic E-state index is 12.0. The van der Waals surface area contributed by atoms with E-state index in [1.165, 1.54) is 0 Å². The van der Waals surface area contributed by atoms with Gasteiger partial charge < -0.3 is 15.2 Å². The number of hydrogen-bond donors (Lipinski definition) is 2. The third-order valence-corrected chi connectivity index (χ3v) is 2.77. The highest BCUT2D eigenvalue weighted by atomic mass is 16.5. The van der Waals surface area contributed by atoms with Crippen molar-refractivity contribution in [3.63, 3.8) is 0 Å². The van der Waals surface area contributed by atoms with Crippen LogP contribution in [0.25, 0.3) is 0 Å². The number of rotatable bonds is 8. The normalized spacial score (nSPS) is 11.4. The lowest BCUT2D eigenvalue weighted by molar-refractivity contribution is -0.141. The van der Waals surface area contributed by atoms with Crippen molar-refractivity contribution < 1.29 is 19.4 Å². The lowest BCUT2D eigenvalue weighted by atomic mass is 10.1. The van der Waals surface area contributed by atoms with Gasteiger partial charge in [0.25, 0.3) is 5.91 Å². The molecule has 0 saturated carbocycles. The number of hydrogen-bond acceptors (Lipinski definition) is 3. The first-order valence-corrected chi connectivity index (χ1v) is 6.40. The van der Waals surface area contributed by atoms with Crippen LogP contribution < -0.4 is 10.1 Å². The Hall–Kier alpha value is -2.30. The first-order valence-electron chi connectivity index (χ1n) is 6.40. The summed E-state index contributed by atoms with van der Waals surface area (Å²) in [6.45, 7) is 5.79. The molecule has 1 rings (SSSR count). The minimum atomic E-state index is -0.867. The second-order valence-corrected chi connectivity index (χ2v) is 4.38. The summed E-state index contributed by atoms with van der Waals surface area (Å²) in [5.74, 6) is -1.14. The molecular weight excluding hydrogens is 258 g/mol. The molecule has 1 aromatic rings. The SMILES string of the molecule is C=CCOc1ccccc1C(=O)NCCC(C)C(=O)O. The van der Waals surface area contributed by atoms with E-state index in [4.69, 9.17) is 9.84 Å². The van der Waals surface area contributed by atoms with Crippen LogP contribution in [0.15, 0.2) is 36.9 Å². The number of aliphatic carboxylic acids is 1. The molecule has 0 aromatic heterocycles. The lowest BCUT2D eigenvalue weighted by Gasteiger charge is -2.11. The predicted molar refractivity (Wildman–Crippen MR) is 75.9 cm³/mol. The number of para-hydroxylation sites is 1. The minimum Gasteiger partial charge on any atom is -0.489 e. The number of nitrogens with one attached hydrogen (secondary N) is 1. The molecule has 1 unspecified atom stereocenters. The van der Waals surface area contributed by atoms with Crippen molar-refractivity contribution in [2.45, 2.75) is 13.3 Å². The van der Waals surface area contributed by atoms with Crippen molar-refractivity contribution in [3.05, 3.63) is 42.5 Å². The van der Waals surface area contributed by atoms with Crippen LogP contribution in [-0.2, 0) is 4.79 Å². The average Bonchev–Trinajstić information content (AvgIpc) is 2.45. The van der Waals surface area contributed by atoms with Gasteiger partial charge in [-0.3, -0.25) is 9.59 Å². The van der Waals surface area contributed by atoms with Crippen molar-refractivity contribution in [1.29, 1.82) is 0 Å². The highest BCUT2D eigenvalue weighted by Gasteiger charge is 2.14. The number of benzene rings is 1. The first-order chi connectivity index (χ1) is 9.56. The predicted octanol–water partition coefficient (Wildman–Crippen LogP) is 2.09. The Bertz CT molecular complexity index is 485. The molecule has 0 heterocycles. The molecule has 0 saturated heterocycles.